The van der Waals surface area contributed by atoms with Crippen molar-refractivity contribution in [3.63, 3.8) is 0 Å². The fourth-order valence-electron chi connectivity index (χ4n) is 2.44. The van der Waals surface area contributed by atoms with E-state index in [0.29, 0.717) is 5.92 Å². The van der Waals surface area contributed by atoms with Crippen LogP contribution in [-0.4, -0.2) is 24.1 Å². The third-order valence-corrected chi connectivity index (χ3v) is 3.28. The van der Waals surface area contributed by atoms with E-state index in [1.54, 1.807) is 0 Å². The summed E-state index contributed by atoms with van der Waals surface area (Å²) in [7, 11) is 0. The van der Waals surface area contributed by atoms with E-state index in [1.165, 1.54) is 16.5 Å². The van der Waals surface area contributed by atoms with Crippen LogP contribution in [-0.2, 0) is 0 Å². The van der Waals surface area contributed by atoms with Gasteiger partial charge in [0.25, 0.3) is 0 Å². The summed E-state index contributed by atoms with van der Waals surface area (Å²) in [5.41, 5.74) is 8.64. The molecular formula is C12H15N3. The molecule has 0 spiro atoms. The smallest absolute Gasteiger partial charge is 0.0456 e. The van der Waals surface area contributed by atoms with E-state index < -0.39 is 0 Å². The average molecular weight is 201 g/mol. The molecule has 1 aliphatic heterocycles. The number of fused-ring (bicyclic) bond motifs is 1. The van der Waals surface area contributed by atoms with Crippen molar-refractivity contribution in [3.05, 3.63) is 36.0 Å². The highest BCUT2D eigenvalue weighted by atomic mass is 15.0. The number of hydrogen-bond acceptors (Lipinski definition) is 2. The van der Waals surface area contributed by atoms with E-state index in [-0.39, 0.29) is 6.04 Å². The van der Waals surface area contributed by atoms with Gasteiger partial charge in [-0.05, 0) is 11.6 Å². The van der Waals surface area contributed by atoms with Gasteiger partial charge in [-0.15, -0.1) is 0 Å². The first kappa shape index (κ1) is 8.95. The third kappa shape index (κ3) is 1.35. The summed E-state index contributed by atoms with van der Waals surface area (Å²) < 4.78 is 0. The van der Waals surface area contributed by atoms with Crippen molar-refractivity contribution >= 4 is 10.9 Å². The van der Waals surface area contributed by atoms with Crippen LogP contribution >= 0.6 is 0 Å². The minimum Gasteiger partial charge on any atom is -0.361 e. The molecule has 1 saturated heterocycles. The molecule has 2 unspecified atom stereocenters. The summed E-state index contributed by atoms with van der Waals surface area (Å²) in [4.78, 5) is 3.30. The van der Waals surface area contributed by atoms with Crippen molar-refractivity contribution in [2.45, 2.75) is 12.0 Å². The Bertz CT molecular complexity index is 474. The van der Waals surface area contributed by atoms with Gasteiger partial charge in [0.1, 0.15) is 0 Å². The van der Waals surface area contributed by atoms with Crippen LogP contribution < -0.4 is 11.1 Å². The maximum absolute atomic E-state index is 6.08. The Labute approximate surface area is 88.7 Å². The molecule has 1 aliphatic rings. The van der Waals surface area contributed by atoms with Gasteiger partial charge in [-0.1, -0.05) is 18.2 Å². The molecule has 2 aromatic rings. The van der Waals surface area contributed by atoms with E-state index in [1.807, 2.05) is 0 Å². The number of rotatable bonds is 1. The fourth-order valence-corrected chi connectivity index (χ4v) is 2.44. The van der Waals surface area contributed by atoms with Gasteiger partial charge in [0, 0.05) is 42.1 Å². The van der Waals surface area contributed by atoms with Crippen LogP contribution in [0.1, 0.15) is 11.5 Å². The van der Waals surface area contributed by atoms with Crippen molar-refractivity contribution in [3.8, 4) is 0 Å². The molecule has 3 rings (SSSR count). The van der Waals surface area contributed by atoms with Crippen LogP contribution in [0.5, 0.6) is 0 Å². The lowest BCUT2D eigenvalue weighted by molar-refractivity contribution is 0.657. The van der Waals surface area contributed by atoms with Gasteiger partial charge in [0.2, 0.25) is 0 Å². The minimum atomic E-state index is 0.240. The van der Waals surface area contributed by atoms with Crippen LogP contribution in [0.2, 0.25) is 0 Å². The molecule has 1 fully saturated rings. The minimum absolute atomic E-state index is 0.240. The van der Waals surface area contributed by atoms with Crippen molar-refractivity contribution in [1.29, 1.82) is 0 Å². The van der Waals surface area contributed by atoms with Gasteiger partial charge in [-0.25, -0.2) is 0 Å². The Hall–Kier alpha value is -1.32. The van der Waals surface area contributed by atoms with Gasteiger partial charge in [0.15, 0.2) is 0 Å². The maximum atomic E-state index is 6.08. The van der Waals surface area contributed by atoms with Crippen LogP contribution in [0.3, 0.4) is 0 Å². The molecule has 0 aliphatic carbocycles. The average Bonchev–Trinajstić information content (AvgIpc) is 2.83. The Morgan fingerprint density at radius 3 is 2.87 bits per heavy atom. The summed E-state index contributed by atoms with van der Waals surface area (Å²) in [5, 5.41) is 4.64. The van der Waals surface area contributed by atoms with Crippen molar-refractivity contribution in [1.82, 2.24) is 10.3 Å². The quantitative estimate of drug-likeness (QED) is 0.649. The lowest BCUT2D eigenvalue weighted by Gasteiger charge is -2.12. The van der Waals surface area contributed by atoms with E-state index in [9.17, 15) is 0 Å². The highest BCUT2D eigenvalue weighted by Crippen LogP contribution is 2.28. The largest absolute Gasteiger partial charge is 0.361 e. The van der Waals surface area contributed by atoms with Gasteiger partial charge >= 0.3 is 0 Å². The lowest BCUT2D eigenvalue weighted by atomic mass is 9.94. The highest BCUT2D eigenvalue weighted by Gasteiger charge is 2.26. The second-order valence-corrected chi connectivity index (χ2v) is 4.22. The Kier molecular flexibility index (Phi) is 2.01. The molecule has 1 aromatic heterocycles. The maximum Gasteiger partial charge on any atom is 0.0456 e. The van der Waals surface area contributed by atoms with E-state index in [0.717, 1.165) is 13.1 Å². The SMILES string of the molecule is NC1CNCC1c1c[nH]c2ccccc12. The van der Waals surface area contributed by atoms with Crippen molar-refractivity contribution < 1.29 is 0 Å². The summed E-state index contributed by atoms with van der Waals surface area (Å²) in [6.07, 6.45) is 2.10. The Morgan fingerprint density at radius 2 is 2.07 bits per heavy atom. The summed E-state index contributed by atoms with van der Waals surface area (Å²) in [5.74, 6) is 0.446. The van der Waals surface area contributed by atoms with Crippen LogP contribution in [0.15, 0.2) is 30.5 Å². The van der Waals surface area contributed by atoms with E-state index in [4.69, 9.17) is 5.73 Å². The first-order valence-electron chi connectivity index (χ1n) is 5.38. The van der Waals surface area contributed by atoms with Crippen molar-refractivity contribution in [2.24, 2.45) is 5.73 Å². The second kappa shape index (κ2) is 3.36. The number of nitrogens with one attached hydrogen (secondary N) is 2. The molecule has 0 radical (unpaired) electrons. The number of aromatic nitrogens is 1. The predicted octanol–water partition coefficient (Wildman–Crippen LogP) is 1.18. The number of para-hydroxylation sites is 1. The molecule has 2 atom stereocenters. The molecule has 0 saturated carbocycles. The van der Waals surface area contributed by atoms with Crippen molar-refractivity contribution in [2.75, 3.05) is 13.1 Å². The molecule has 4 N–H and O–H groups in total. The number of nitrogens with two attached hydrogens (primary N) is 1. The zero-order valence-corrected chi connectivity index (χ0v) is 8.53. The molecule has 3 heteroatoms. The number of aromatic amines is 1. The second-order valence-electron chi connectivity index (χ2n) is 4.22. The highest BCUT2D eigenvalue weighted by molar-refractivity contribution is 5.83. The summed E-state index contributed by atoms with van der Waals surface area (Å²) in [6.45, 7) is 1.91. The zero-order valence-electron chi connectivity index (χ0n) is 8.53. The predicted molar refractivity (Wildman–Crippen MR) is 61.9 cm³/mol. The van der Waals surface area contributed by atoms with Gasteiger partial charge < -0.3 is 16.0 Å². The van der Waals surface area contributed by atoms with Gasteiger partial charge in [-0.3, -0.25) is 0 Å². The molecule has 0 amide bonds. The molecule has 2 heterocycles. The molecule has 1 aromatic carbocycles. The Balaban J connectivity index is 2.10. The number of hydrogen-bond donors (Lipinski definition) is 3. The normalized spacial score (nSPS) is 26.2. The molecular weight excluding hydrogens is 186 g/mol. The van der Waals surface area contributed by atoms with E-state index >= 15 is 0 Å². The topological polar surface area (TPSA) is 53.8 Å². The standard InChI is InChI=1S/C12H15N3/c13-11-7-14-5-10(11)9-6-15-12-4-2-1-3-8(9)12/h1-4,6,10-11,14-15H,5,7,13H2. The molecule has 15 heavy (non-hydrogen) atoms. The monoisotopic (exact) mass is 201 g/mol. The van der Waals surface area contributed by atoms with Crippen LogP contribution in [0.4, 0.5) is 0 Å². The summed E-state index contributed by atoms with van der Waals surface area (Å²) >= 11 is 0. The van der Waals surface area contributed by atoms with E-state index in [2.05, 4.69) is 40.8 Å². The Morgan fingerprint density at radius 1 is 1.20 bits per heavy atom. The number of benzene rings is 1. The molecule has 3 nitrogen and oxygen atoms in total. The zero-order chi connectivity index (χ0) is 10.3. The van der Waals surface area contributed by atoms with Gasteiger partial charge in [0.05, 0.1) is 0 Å². The number of H-pyrrole nitrogens is 1. The fraction of sp³-hybridized carbons (Fsp3) is 0.333. The first-order valence-corrected chi connectivity index (χ1v) is 5.38. The molecule has 0 bridgehead atoms. The lowest BCUT2D eigenvalue weighted by Crippen LogP contribution is -2.27. The van der Waals surface area contributed by atoms with Gasteiger partial charge in [-0.2, -0.15) is 0 Å². The molecule has 78 valence electrons. The summed E-state index contributed by atoms with van der Waals surface area (Å²) in [6, 6.07) is 8.63. The first-order chi connectivity index (χ1) is 7.36. The van der Waals surface area contributed by atoms with Crippen LogP contribution in [0.25, 0.3) is 10.9 Å². The van der Waals surface area contributed by atoms with Crippen LogP contribution in [0, 0.1) is 0 Å². The third-order valence-electron chi connectivity index (χ3n) is 3.28.